The molecule has 9 atom stereocenters. The third kappa shape index (κ3) is 2.81. The maximum Gasteiger partial charge on any atom is 0.302 e. The Labute approximate surface area is 171 Å². The third-order valence-electron chi connectivity index (χ3n) is 8.51. The summed E-state index contributed by atoms with van der Waals surface area (Å²) in [5.41, 5.74) is -2.01. The monoisotopic (exact) mass is 408 g/mol. The average Bonchev–Trinajstić information content (AvgIpc) is 3.27. The molecule has 1 spiro atoms. The first kappa shape index (κ1) is 20.8. The molecule has 3 fully saturated rings. The second-order valence-electron chi connectivity index (χ2n) is 9.70. The van der Waals surface area contributed by atoms with Crippen LogP contribution in [0.3, 0.4) is 0 Å². The van der Waals surface area contributed by atoms with E-state index < -0.39 is 40.9 Å². The van der Waals surface area contributed by atoms with Crippen LogP contribution in [0.25, 0.3) is 0 Å². The Kier molecular flexibility index (Phi) is 4.89. The molecule has 2 aliphatic carbocycles. The van der Waals surface area contributed by atoms with E-state index in [0.717, 1.165) is 5.56 Å². The number of rotatable bonds is 2. The van der Waals surface area contributed by atoms with Crippen LogP contribution in [0.15, 0.2) is 23.0 Å². The van der Waals surface area contributed by atoms with Crippen molar-refractivity contribution in [3.8, 4) is 0 Å². The summed E-state index contributed by atoms with van der Waals surface area (Å²) in [5, 5.41) is 33.2. The fraction of sp³-hybridized carbons (Fsp3) is 0.773. The van der Waals surface area contributed by atoms with Crippen molar-refractivity contribution in [3.63, 3.8) is 0 Å². The van der Waals surface area contributed by atoms with E-state index in [9.17, 15) is 20.1 Å². The van der Waals surface area contributed by atoms with Gasteiger partial charge >= 0.3 is 5.97 Å². The molecule has 0 aromatic carbocycles. The second-order valence-corrected chi connectivity index (χ2v) is 9.70. The van der Waals surface area contributed by atoms with E-state index in [1.807, 2.05) is 19.9 Å². The van der Waals surface area contributed by atoms with Crippen LogP contribution in [-0.2, 0) is 14.3 Å². The number of fused-ring (bicyclic) bond motifs is 2. The van der Waals surface area contributed by atoms with E-state index in [1.165, 1.54) is 6.92 Å². The van der Waals surface area contributed by atoms with Gasteiger partial charge < -0.3 is 29.2 Å². The molecular formula is C22H32O7. The van der Waals surface area contributed by atoms with Crippen LogP contribution in [0.4, 0.5) is 0 Å². The van der Waals surface area contributed by atoms with Crippen molar-refractivity contribution in [2.75, 3.05) is 0 Å². The number of ether oxygens (including phenoxy) is 2. The van der Waals surface area contributed by atoms with Crippen LogP contribution in [0, 0.1) is 22.7 Å². The largest absolute Gasteiger partial charge is 0.472 e. The molecule has 3 aliphatic rings. The molecular weight excluding hydrogens is 376 g/mol. The minimum Gasteiger partial charge on any atom is -0.472 e. The number of esters is 1. The number of aliphatic hydroxyl groups is 3. The van der Waals surface area contributed by atoms with Crippen LogP contribution in [0.5, 0.6) is 0 Å². The van der Waals surface area contributed by atoms with Gasteiger partial charge in [-0.05, 0) is 44.6 Å². The summed E-state index contributed by atoms with van der Waals surface area (Å²) in [6.45, 7) is 6.98. The van der Waals surface area contributed by atoms with Gasteiger partial charge in [0.25, 0.3) is 0 Å². The normalized spacial score (nSPS) is 49.8. The van der Waals surface area contributed by atoms with Crippen molar-refractivity contribution in [2.24, 2.45) is 22.7 Å². The van der Waals surface area contributed by atoms with Gasteiger partial charge in [0.1, 0.15) is 6.10 Å². The Morgan fingerprint density at radius 1 is 1.24 bits per heavy atom. The first-order chi connectivity index (χ1) is 13.5. The van der Waals surface area contributed by atoms with E-state index in [4.69, 9.17) is 13.9 Å². The topological polar surface area (TPSA) is 109 Å². The molecule has 1 aromatic rings. The summed E-state index contributed by atoms with van der Waals surface area (Å²) in [5.74, 6) is -0.681. The summed E-state index contributed by atoms with van der Waals surface area (Å²) in [6, 6.07) is 1.83. The lowest BCUT2D eigenvalue weighted by Crippen LogP contribution is -2.69. The number of aliphatic hydroxyl groups excluding tert-OH is 2. The zero-order valence-corrected chi connectivity index (χ0v) is 17.5. The van der Waals surface area contributed by atoms with Crippen molar-refractivity contribution in [1.82, 2.24) is 0 Å². The SMILES string of the molecule is CC(=O)O[C@@H]1C[C@]2(C)[C@H](CC[C@@H](O)[C@@]2(C)O)[C@@]2(C[C@H](c3ccoc3)O[C@@H]2O)[C@@H]1C. The highest BCUT2D eigenvalue weighted by Crippen LogP contribution is 2.68. The molecule has 2 saturated carbocycles. The molecule has 3 N–H and O–H groups in total. The van der Waals surface area contributed by atoms with Gasteiger partial charge in [-0.1, -0.05) is 13.8 Å². The van der Waals surface area contributed by atoms with Crippen molar-refractivity contribution in [2.45, 2.75) is 83.6 Å². The minimum absolute atomic E-state index is 0.109. The molecule has 29 heavy (non-hydrogen) atoms. The zero-order valence-electron chi connectivity index (χ0n) is 17.5. The van der Waals surface area contributed by atoms with E-state index in [2.05, 4.69) is 0 Å². The Morgan fingerprint density at radius 2 is 1.97 bits per heavy atom. The molecule has 7 heteroatoms. The maximum absolute atomic E-state index is 11.8. The fourth-order valence-electron chi connectivity index (χ4n) is 6.62. The molecule has 0 amide bonds. The average molecular weight is 408 g/mol. The highest BCUT2D eigenvalue weighted by Gasteiger charge is 2.71. The lowest BCUT2D eigenvalue weighted by molar-refractivity contribution is -0.287. The van der Waals surface area contributed by atoms with Gasteiger partial charge in [0.15, 0.2) is 6.29 Å². The van der Waals surface area contributed by atoms with Crippen molar-refractivity contribution in [1.29, 1.82) is 0 Å². The van der Waals surface area contributed by atoms with Gasteiger partial charge in [0, 0.05) is 29.2 Å². The van der Waals surface area contributed by atoms with Crippen molar-refractivity contribution < 1.29 is 34.0 Å². The molecule has 1 aliphatic heterocycles. The zero-order chi connectivity index (χ0) is 21.2. The predicted molar refractivity (Wildman–Crippen MR) is 102 cm³/mol. The van der Waals surface area contributed by atoms with Gasteiger partial charge in [-0.3, -0.25) is 4.79 Å². The van der Waals surface area contributed by atoms with Crippen LogP contribution in [0.1, 0.15) is 65.0 Å². The Hall–Kier alpha value is -1.41. The van der Waals surface area contributed by atoms with Gasteiger partial charge in [-0.25, -0.2) is 0 Å². The summed E-state index contributed by atoms with van der Waals surface area (Å²) >= 11 is 0. The molecule has 1 saturated heterocycles. The highest BCUT2D eigenvalue weighted by molar-refractivity contribution is 5.66. The third-order valence-corrected chi connectivity index (χ3v) is 8.51. The molecule has 0 unspecified atom stereocenters. The summed E-state index contributed by atoms with van der Waals surface area (Å²) in [4.78, 5) is 11.8. The molecule has 2 heterocycles. The molecule has 4 rings (SSSR count). The maximum atomic E-state index is 11.8. The van der Waals surface area contributed by atoms with Crippen LogP contribution >= 0.6 is 0 Å². The molecule has 0 bridgehead atoms. The van der Waals surface area contributed by atoms with Gasteiger partial charge in [0.05, 0.1) is 30.3 Å². The number of hydrogen-bond donors (Lipinski definition) is 3. The lowest BCUT2D eigenvalue weighted by atomic mass is 9.42. The van der Waals surface area contributed by atoms with Crippen LogP contribution < -0.4 is 0 Å². The van der Waals surface area contributed by atoms with E-state index in [-0.39, 0.29) is 17.9 Å². The van der Waals surface area contributed by atoms with Gasteiger partial charge in [-0.2, -0.15) is 0 Å². The highest BCUT2D eigenvalue weighted by atomic mass is 16.6. The Bertz CT molecular complexity index is 759. The van der Waals surface area contributed by atoms with Gasteiger partial charge in [-0.15, -0.1) is 0 Å². The first-order valence-electron chi connectivity index (χ1n) is 10.5. The fourth-order valence-corrected chi connectivity index (χ4v) is 6.62. The Balaban J connectivity index is 1.81. The molecule has 7 nitrogen and oxygen atoms in total. The Morgan fingerprint density at radius 3 is 2.59 bits per heavy atom. The quantitative estimate of drug-likeness (QED) is 0.645. The second kappa shape index (κ2) is 6.80. The van der Waals surface area contributed by atoms with Crippen molar-refractivity contribution >= 4 is 5.97 Å². The van der Waals surface area contributed by atoms with Gasteiger partial charge in [0.2, 0.25) is 0 Å². The van der Waals surface area contributed by atoms with E-state index in [1.54, 1.807) is 19.5 Å². The number of carbonyl (C=O) groups is 1. The smallest absolute Gasteiger partial charge is 0.302 e. The number of hydrogen-bond acceptors (Lipinski definition) is 7. The number of carbonyl (C=O) groups excluding carboxylic acids is 1. The van der Waals surface area contributed by atoms with E-state index >= 15 is 0 Å². The molecule has 0 radical (unpaired) electrons. The summed E-state index contributed by atoms with van der Waals surface area (Å²) < 4.78 is 16.9. The molecule has 162 valence electrons. The number of furan rings is 1. The lowest BCUT2D eigenvalue weighted by Gasteiger charge is -2.65. The predicted octanol–water partition coefficient (Wildman–Crippen LogP) is 2.55. The van der Waals surface area contributed by atoms with Crippen LogP contribution in [0.2, 0.25) is 0 Å². The first-order valence-corrected chi connectivity index (χ1v) is 10.5. The van der Waals surface area contributed by atoms with Crippen LogP contribution in [-0.4, -0.2) is 45.4 Å². The summed E-state index contributed by atoms with van der Waals surface area (Å²) in [6.07, 6.45) is 2.46. The van der Waals surface area contributed by atoms with Crippen molar-refractivity contribution in [3.05, 3.63) is 24.2 Å². The van der Waals surface area contributed by atoms with E-state index in [0.29, 0.717) is 25.7 Å². The minimum atomic E-state index is -1.38. The summed E-state index contributed by atoms with van der Waals surface area (Å²) in [7, 11) is 0. The molecule has 1 aromatic heterocycles. The standard InChI is InChI=1S/C22H32O7/c1-12-15(28-13(2)23)9-20(3)17(5-6-18(24)21(20,4)26)22(12)10-16(29-19(22)25)14-7-8-27-11-14/h7-8,11-12,15-19,24-26H,5-6,9-10H2,1-4H3/t12-,15-,16-,17+,18-,19+,20-,21-,22-/m1/s1.